The molecule has 2 unspecified atom stereocenters. The van der Waals surface area contributed by atoms with E-state index in [0.717, 1.165) is 6.42 Å². The number of hydrogen-bond acceptors (Lipinski definition) is 5. The third-order valence-corrected chi connectivity index (χ3v) is 2.60. The number of nitrogens with one attached hydrogen (secondary N) is 1. The van der Waals surface area contributed by atoms with Crippen LogP contribution in [0.5, 0.6) is 0 Å². The van der Waals surface area contributed by atoms with Gasteiger partial charge in [0.25, 0.3) is 0 Å². The van der Waals surface area contributed by atoms with Gasteiger partial charge in [-0.2, -0.15) is 5.26 Å². The molecule has 1 heterocycles. The highest BCUT2D eigenvalue weighted by Crippen LogP contribution is 2.12. The van der Waals surface area contributed by atoms with Gasteiger partial charge in [-0.3, -0.25) is 4.79 Å². The number of carbonyl (C=O) groups is 1. The number of amides is 1. The third kappa shape index (κ3) is 3.41. The fraction of sp³-hybridized carbons (Fsp3) is 0.455. The molecule has 0 saturated carbocycles. The summed E-state index contributed by atoms with van der Waals surface area (Å²) in [6.07, 6.45) is 0.824. The first kappa shape index (κ1) is 12.9. The largest absolute Gasteiger partial charge is 0.368 e. The molecule has 0 aliphatic carbocycles. The zero-order valence-corrected chi connectivity index (χ0v) is 9.84. The number of nitrogens with zero attached hydrogens (tertiary/aromatic N) is 3. The van der Waals surface area contributed by atoms with Gasteiger partial charge < -0.3 is 11.1 Å². The first-order valence-electron chi connectivity index (χ1n) is 5.38. The molecule has 0 radical (unpaired) electrons. The second-order valence-corrected chi connectivity index (χ2v) is 3.83. The van der Waals surface area contributed by atoms with Crippen LogP contribution in [0, 0.1) is 17.2 Å². The molecule has 0 saturated heterocycles. The monoisotopic (exact) mass is 233 g/mol. The lowest BCUT2D eigenvalue weighted by atomic mass is 9.99. The van der Waals surface area contributed by atoms with Gasteiger partial charge in [0.15, 0.2) is 5.69 Å². The molecule has 0 aliphatic rings. The highest BCUT2D eigenvalue weighted by molar-refractivity contribution is 5.82. The molecule has 0 spiro atoms. The van der Waals surface area contributed by atoms with E-state index >= 15 is 0 Å². The maximum atomic E-state index is 11.3. The van der Waals surface area contributed by atoms with E-state index in [9.17, 15) is 4.79 Å². The molecule has 1 aromatic rings. The standard InChI is InChI=1S/C11H15N5O/c1-3-7(2)10(11(13)17)14-9-5-4-8(6-12)15-16-9/h4-5,7,10H,3H2,1-2H3,(H2,13,17)(H,14,16). The van der Waals surface area contributed by atoms with Crippen LogP contribution in [0.4, 0.5) is 5.82 Å². The van der Waals surface area contributed by atoms with Gasteiger partial charge in [-0.15, -0.1) is 10.2 Å². The van der Waals surface area contributed by atoms with E-state index < -0.39 is 11.9 Å². The number of rotatable bonds is 5. The molecule has 0 aliphatic heterocycles. The smallest absolute Gasteiger partial charge is 0.240 e. The quantitative estimate of drug-likeness (QED) is 0.777. The molecular weight excluding hydrogens is 218 g/mol. The Morgan fingerprint density at radius 2 is 2.29 bits per heavy atom. The molecule has 17 heavy (non-hydrogen) atoms. The summed E-state index contributed by atoms with van der Waals surface area (Å²) < 4.78 is 0. The van der Waals surface area contributed by atoms with E-state index in [2.05, 4.69) is 15.5 Å². The van der Waals surface area contributed by atoms with Crippen molar-refractivity contribution in [3.63, 3.8) is 0 Å². The van der Waals surface area contributed by atoms with Crippen molar-refractivity contribution in [1.82, 2.24) is 10.2 Å². The van der Waals surface area contributed by atoms with Crippen molar-refractivity contribution in [3.05, 3.63) is 17.8 Å². The summed E-state index contributed by atoms with van der Waals surface area (Å²) in [6, 6.07) is 4.52. The van der Waals surface area contributed by atoms with E-state index in [1.54, 1.807) is 6.07 Å². The maximum Gasteiger partial charge on any atom is 0.240 e. The van der Waals surface area contributed by atoms with Gasteiger partial charge in [-0.1, -0.05) is 20.3 Å². The fourth-order valence-electron chi connectivity index (χ4n) is 1.36. The van der Waals surface area contributed by atoms with Crippen LogP contribution in [-0.4, -0.2) is 22.1 Å². The Morgan fingerprint density at radius 1 is 1.59 bits per heavy atom. The lowest BCUT2D eigenvalue weighted by Gasteiger charge is -2.21. The normalized spacial score (nSPS) is 13.5. The molecule has 1 aromatic heterocycles. The summed E-state index contributed by atoms with van der Waals surface area (Å²) in [5.41, 5.74) is 5.55. The van der Waals surface area contributed by atoms with E-state index in [1.807, 2.05) is 19.9 Å². The molecule has 0 fully saturated rings. The molecule has 6 nitrogen and oxygen atoms in total. The topological polar surface area (TPSA) is 105 Å². The number of hydrogen-bond donors (Lipinski definition) is 2. The second-order valence-electron chi connectivity index (χ2n) is 3.83. The van der Waals surface area contributed by atoms with Crippen molar-refractivity contribution in [2.24, 2.45) is 11.7 Å². The van der Waals surface area contributed by atoms with Crippen molar-refractivity contribution in [1.29, 1.82) is 5.26 Å². The number of nitriles is 1. The third-order valence-electron chi connectivity index (χ3n) is 2.60. The Hall–Kier alpha value is -2.16. The first-order valence-corrected chi connectivity index (χ1v) is 5.38. The maximum absolute atomic E-state index is 11.3. The van der Waals surface area contributed by atoms with Crippen molar-refractivity contribution in [3.8, 4) is 6.07 Å². The van der Waals surface area contributed by atoms with Gasteiger partial charge in [0.2, 0.25) is 5.91 Å². The number of aromatic nitrogens is 2. The van der Waals surface area contributed by atoms with Crippen molar-refractivity contribution in [2.75, 3.05) is 5.32 Å². The van der Waals surface area contributed by atoms with Crippen LogP contribution in [0.2, 0.25) is 0 Å². The Kier molecular flexibility index (Phi) is 4.40. The lowest BCUT2D eigenvalue weighted by molar-refractivity contribution is -0.119. The molecule has 3 N–H and O–H groups in total. The first-order chi connectivity index (χ1) is 8.08. The number of primary amides is 1. The van der Waals surface area contributed by atoms with Crippen molar-refractivity contribution in [2.45, 2.75) is 26.3 Å². The average Bonchev–Trinajstić information content (AvgIpc) is 2.35. The van der Waals surface area contributed by atoms with Crippen LogP contribution >= 0.6 is 0 Å². The van der Waals surface area contributed by atoms with Gasteiger partial charge in [0, 0.05) is 0 Å². The zero-order chi connectivity index (χ0) is 12.8. The summed E-state index contributed by atoms with van der Waals surface area (Å²) in [6.45, 7) is 3.91. The van der Waals surface area contributed by atoms with E-state index in [4.69, 9.17) is 11.0 Å². The highest BCUT2D eigenvalue weighted by atomic mass is 16.1. The van der Waals surface area contributed by atoms with E-state index in [0.29, 0.717) is 5.82 Å². The fourth-order valence-corrected chi connectivity index (χ4v) is 1.36. The molecule has 90 valence electrons. The molecule has 6 heteroatoms. The number of nitrogens with two attached hydrogens (primary N) is 1. The Balaban J connectivity index is 2.79. The summed E-state index contributed by atoms with van der Waals surface area (Å²) in [4.78, 5) is 11.3. The van der Waals surface area contributed by atoms with Crippen LogP contribution in [0.1, 0.15) is 26.0 Å². The van der Waals surface area contributed by atoms with Gasteiger partial charge in [0.1, 0.15) is 17.9 Å². The van der Waals surface area contributed by atoms with E-state index in [-0.39, 0.29) is 11.6 Å². The number of anilines is 1. The second kappa shape index (κ2) is 5.80. The molecule has 2 atom stereocenters. The molecular formula is C11H15N5O. The summed E-state index contributed by atoms with van der Waals surface area (Å²) in [7, 11) is 0. The van der Waals surface area contributed by atoms with Crippen LogP contribution in [0.25, 0.3) is 0 Å². The minimum absolute atomic E-state index is 0.102. The van der Waals surface area contributed by atoms with Gasteiger partial charge in [-0.05, 0) is 18.1 Å². The van der Waals surface area contributed by atoms with Crippen LogP contribution < -0.4 is 11.1 Å². The highest BCUT2D eigenvalue weighted by Gasteiger charge is 2.21. The molecule has 0 aromatic carbocycles. The van der Waals surface area contributed by atoms with E-state index in [1.165, 1.54) is 6.07 Å². The van der Waals surface area contributed by atoms with Gasteiger partial charge in [0.05, 0.1) is 0 Å². The molecule has 0 bridgehead atoms. The lowest BCUT2D eigenvalue weighted by Crippen LogP contribution is -2.40. The summed E-state index contributed by atoms with van der Waals surface area (Å²) in [5, 5.41) is 19.0. The summed E-state index contributed by atoms with van der Waals surface area (Å²) in [5.74, 6) is 0.114. The van der Waals surface area contributed by atoms with Gasteiger partial charge >= 0.3 is 0 Å². The molecule has 1 rings (SSSR count). The Morgan fingerprint density at radius 3 is 2.71 bits per heavy atom. The SMILES string of the molecule is CCC(C)C(Nc1ccc(C#N)nn1)C(N)=O. The zero-order valence-electron chi connectivity index (χ0n) is 9.84. The molecule has 1 amide bonds. The van der Waals surface area contributed by atoms with Crippen molar-refractivity contribution >= 4 is 11.7 Å². The number of carbonyl (C=O) groups excluding carboxylic acids is 1. The van der Waals surface area contributed by atoms with Crippen molar-refractivity contribution < 1.29 is 4.79 Å². The predicted molar refractivity (Wildman–Crippen MR) is 62.8 cm³/mol. The average molecular weight is 233 g/mol. The predicted octanol–water partition coefficient (Wildman–Crippen LogP) is 0.660. The van der Waals surface area contributed by atoms with Crippen LogP contribution in [0.3, 0.4) is 0 Å². The minimum Gasteiger partial charge on any atom is -0.368 e. The van der Waals surface area contributed by atoms with Crippen LogP contribution in [0.15, 0.2) is 12.1 Å². The minimum atomic E-state index is -0.484. The Labute approximate surface area is 99.8 Å². The summed E-state index contributed by atoms with van der Waals surface area (Å²) >= 11 is 0. The van der Waals surface area contributed by atoms with Gasteiger partial charge in [-0.25, -0.2) is 0 Å². The van der Waals surface area contributed by atoms with Crippen LogP contribution in [-0.2, 0) is 4.79 Å². The Bertz CT molecular complexity index is 422.